The summed E-state index contributed by atoms with van der Waals surface area (Å²) in [5.74, 6) is 0.394. The maximum absolute atomic E-state index is 11.5. The fourth-order valence-corrected chi connectivity index (χ4v) is 2.95. The number of aromatic nitrogens is 2. The molecule has 3 rings (SSSR count). The molecule has 1 aromatic heterocycles. The van der Waals surface area contributed by atoms with Gasteiger partial charge >= 0.3 is 5.69 Å². The molecular weight excluding hydrogens is 334 g/mol. The van der Waals surface area contributed by atoms with Crippen molar-refractivity contribution in [1.82, 2.24) is 14.9 Å². The van der Waals surface area contributed by atoms with Crippen molar-refractivity contribution in [2.45, 2.75) is 13.8 Å². The molecule has 3 N–H and O–H groups in total. The molecule has 0 spiro atoms. The van der Waals surface area contributed by atoms with Crippen LogP contribution in [0, 0.1) is 17.0 Å². The molecule has 0 bridgehead atoms. The number of anilines is 4. The van der Waals surface area contributed by atoms with E-state index in [1.807, 2.05) is 36.1 Å². The van der Waals surface area contributed by atoms with Gasteiger partial charge in [0.15, 0.2) is 0 Å². The van der Waals surface area contributed by atoms with Crippen LogP contribution in [0.3, 0.4) is 0 Å². The van der Waals surface area contributed by atoms with Gasteiger partial charge < -0.3 is 20.9 Å². The highest BCUT2D eigenvalue weighted by Gasteiger charge is 2.29. The van der Waals surface area contributed by atoms with Crippen molar-refractivity contribution < 1.29 is 4.92 Å². The maximum atomic E-state index is 11.5. The number of nitro groups is 1. The van der Waals surface area contributed by atoms with Crippen LogP contribution in [0.2, 0.25) is 0 Å². The van der Waals surface area contributed by atoms with Crippen molar-refractivity contribution in [2.24, 2.45) is 0 Å². The van der Waals surface area contributed by atoms with E-state index in [1.54, 1.807) is 0 Å². The van der Waals surface area contributed by atoms with Gasteiger partial charge in [-0.3, -0.25) is 10.1 Å². The van der Waals surface area contributed by atoms with Crippen LogP contribution >= 0.6 is 0 Å². The predicted molar refractivity (Wildman–Crippen MR) is 102 cm³/mol. The number of nitrogens with two attached hydrogens (primary N) is 1. The van der Waals surface area contributed by atoms with E-state index in [0.717, 1.165) is 30.9 Å². The first-order valence-corrected chi connectivity index (χ1v) is 8.61. The fraction of sp³-hybridized carbons (Fsp3) is 0.412. The monoisotopic (exact) mass is 357 g/mol. The molecule has 1 saturated heterocycles. The number of rotatable bonds is 5. The third-order valence-corrected chi connectivity index (χ3v) is 4.50. The van der Waals surface area contributed by atoms with Crippen LogP contribution in [-0.4, -0.2) is 52.5 Å². The highest BCUT2D eigenvalue weighted by atomic mass is 16.6. The van der Waals surface area contributed by atoms with E-state index in [1.165, 1.54) is 0 Å². The maximum Gasteiger partial charge on any atom is 0.353 e. The number of likely N-dealkylation sites (N-methyl/N-ethyl adjacent to an activating group) is 1. The number of piperazine rings is 1. The molecule has 1 aliphatic rings. The van der Waals surface area contributed by atoms with E-state index < -0.39 is 4.92 Å². The molecule has 0 aliphatic carbocycles. The van der Waals surface area contributed by atoms with Crippen molar-refractivity contribution in [1.29, 1.82) is 0 Å². The molecule has 2 aromatic rings. The lowest BCUT2D eigenvalue weighted by Gasteiger charge is -2.34. The summed E-state index contributed by atoms with van der Waals surface area (Å²) < 4.78 is 0. The smallest absolute Gasteiger partial charge is 0.353 e. The topological polar surface area (TPSA) is 113 Å². The summed E-state index contributed by atoms with van der Waals surface area (Å²) in [4.78, 5) is 23.7. The van der Waals surface area contributed by atoms with E-state index in [0.29, 0.717) is 13.1 Å². The Morgan fingerprint density at radius 3 is 2.42 bits per heavy atom. The van der Waals surface area contributed by atoms with Crippen molar-refractivity contribution in [3.05, 3.63) is 39.9 Å². The van der Waals surface area contributed by atoms with Crippen molar-refractivity contribution >= 4 is 29.0 Å². The molecule has 1 aromatic carbocycles. The highest BCUT2D eigenvalue weighted by molar-refractivity contribution is 5.72. The van der Waals surface area contributed by atoms with E-state index in [9.17, 15) is 10.1 Å². The van der Waals surface area contributed by atoms with Crippen LogP contribution in [0.4, 0.5) is 29.0 Å². The lowest BCUT2D eigenvalue weighted by Crippen LogP contribution is -2.46. The SMILES string of the molecule is CCN1CCN(c2nc(Nc3ccc(C)cc3)nc(N)c2[N+](=O)[O-])CC1. The van der Waals surface area contributed by atoms with Gasteiger partial charge in [-0.05, 0) is 25.6 Å². The molecule has 0 radical (unpaired) electrons. The Hall–Kier alpha value is -2.94. The molecule has 1 aliphatic heterocycles. The Labute approximate surface area is 152 Å². The van der Waals surface area contributed by atoms with Crippen molar-refractivity contribution in [2.75, 3.05) is 48.7 Å². The summed E-state index contributed by atoms with van der Waals surface area (Å²) in [5.41, 5.74) is 7.59. The molecule has 1 fully saturated rings. The van der Waals surface area contributed by atoms with E-state index in [4.69, 9.17) is 5.73 Å². The first kappa shape index (κ1) is 17.9. The third-order valence-electron chi connectivity index (χ3n) is 4.50. The molecule has 0 atom stereocenters. The van der Waals surface area contributed by atoms with Gasteiger partial charge in [-0.1, -0.05) is 24.6 Å². The lowest BCUT2D eigenvalue weighted by atomic mass is 10.2. The minimum atomic E-state index is -0.507. The Morgan fingerprint density at radius 2 is 1.85 bits per heavy atom. The molecular formula is C17H23N7O2. The predicted octanol–water partition coefficient (Wildman–Crippen LogP) is 2.16. The normalized spacial score (nSPS) is 15.1. The van der Waals surface area contributed by atoms with Crippen LogP contribution in [0.25, 0.3) is 0 Å². The molecule has 0 unspecified atom stereocenters. The minimum absolute atomic E-state index is 0.132. The molecule has 138 valence electrons. The van der Waals surface area contributed by atoms with E-state index >= 15 is 0 Å². The molecule has 26 heavy (non-hydrogen) atoms. The zero-order valence-corrected chi connectivity index (χ0v) is 15.0. The van der Waals surface area contributed by atoms with Gasteiger partial charge in [-0.15, -0.1) is 0 Å². The number of nitrogens with one attached hydrogen (secondary N) is 1. The average molecular weight is 357 g/mol. The molecule has 9 nitrogen and oxygen atoms in total. The average Bonchev–Trinajstić information content (AvgIpc) is 2.63. The summed E-state index contributed by atoms with van der Waals surface area (Å²) in [6, 6.07) is 7.72. The second-order valence-corrected chi connectivity index (χ2v) is 6.27. The van der Waals surface area contributed by atoms with Gasteiger partial charge in [0.05, 0.1) is 4.92 Å². The number of nitrogen functional groups attached to an aromatic ring is 1. The lowest BCUT2D eigenvalue weighted by molar-refractivity contribution is -0.383. The largest absolute Gasteiger partial charge is 0.378 e. The molecule has 2 heterocycles. The molecule has 0 amide bonds. The van der Waals surface area contributed by atoms with Gasteiger partial charge in [0.2, 0.25) is 17.6 Å². The quantitative estimate of drug-likeness (QED) is 0.618. The first-order valence-electron chi connectivity index (χ1n) is 8.61. The fourth-order valence-electron chi connectivity index (χ4n) is 2.95. The van der Waals surface area contributed by atoms with Gasteiger partial charge in [0.25, 0.3) is 0 Å². The van der Waals surface area contributed by atoms with Crippen LogP contribution in [-0.2, 0) is 0 Å². The Balaban J connectivity index is 1.92. The van der Waals surface area contributed by atoms with Gasteiger partial charge in [-0.2, -0.15) is 9.97 Å². The minimum Gasteiger partial charge on any atom is -0.378 e. The summed E-state index contributed by atoms with van der Waals surface area (Å²) in [7, 11) is 0. The summed E-state index contributed by atoms with van der Waals surface area (Å²) >= 11 is 0. The summed E-state index contributed by atoms with van der Waals surface area (Å²) in [5, 5.41) is 14.6. The van der Waals surface area contributed by atoms with E-state index in [-0.39, 0.29) is 23.3 Å². The first-order chi connectivity index (χ1) is 12.5. The Morgan fingerprint density at radius 1 is 1.19 bits per heavy atom. The Kier molecular flexibility index (Phi) is 5.17. The number of benzene rings is 1. The number of hydrogen-bond acceptors (Lipinski definition) is 8. The number of aryl methyl sites for hydroxylation is 1. The van der Waals surface area contributed by atoms with Gasteiger partial charge in [-0.25, -0.2) is 0 Å². The van der Waals surface area contributed by atoms with E-state index in [2.05, 4.69) is 27.1 Å². The van der Waals surface area contributed by atoms with Crippen LogP contribution in [0.15, 0.2) is 24.3 Å². The van der Waals surface area contributed by atoms with Crippen LogP contribution < -0.4 is 16.0 Å². The van der Waals surface area contributed by atoms with Gasteiger partial charge in [0.1, 0.15) is 0 Å². The van der Waals surface area contributed by atoms with Crippen molar-refractivity contribution in [3.63, 3.8) is 0 Å². The standard InChI is InChI=1S/C17H23N7O2/c1-3-22-8-10-23(11-9-22)16-14(24(25)26)15(18)20-17(21-16)19-13-6-4-12(2)5-7-13/h4-7H,3,8-11H2,1-2H3,(H3,18,19,20,21). The third kappa shape index (κ3) is 3.83. The summed E-state index contributed by atoms with van der Waals surface area (Å²) in [6.45, 7) is 8.05. The second-order valence-electron chi connectivity index (χ2n) is 6.27. The molecule has 9 heteroatoms. The van der Waals surface area contributed by atoms with Gasteiger partial charge in [0, 0.05) is 31.9 Å². The van der Waals surface area contributed by atoms with Crippen LogP contribution in [0.1, 0.15) is 12.5 Å². The number of nitrogens with zero attached hydrogens (tertiary/aromatic N) is 5. The van der Waals surface area contributed by atoms with Crippen molar-refractivity contribution in [3.8, 4) is 0 Å². The zero-order chi connectivity index (χ0) is 18.7. The second kappa shape index (κ2) is 7.52. The number of hydrogen-bond donors (Lipinski definition) is 2. The Bertz CT molecular complexity index is 786. The zero-order valence-electron chi connectivity index (χ0n) is 15.0. The molecule has 0 saturated carbocycles. The van der Waals surface area contributed by atoms with Crippen LogP contribution in [0.5, 0.6) is 0 Å². The summed E-state index contributed by atoms with van der Waals surface area (Å²) in [6.07, 6.45) is 0. The highest BCUT2D eigenvalue weighted by Crippen LogP contribution is 2.33.